The number of benzene rings is 1. The molecule has 0 N–H and O–H groups in total. The lowest BCUT2D eigenvalue weighted by Crippen LogP contribution is -2.32. The fourth-order valence-electron chi connectivity index (χ4n) is 2.94. The van der Waals surface area contributed by atoms with Crippen LogP contribution in [0.2, 0.25) is 5.02 Å². The van der Waals surface area contributed by atoms with Gasteiger partial charge in [0.25, 0.3) is 0 Å². The minimum absolute atomic E-state index is 0.111. The van der Waals surface area contributed by atoms with Crippen LogP contribution in [0.4, 0.5) is 0 Å². The number of ketones is 1. The van der Waals surface area contributed by atoms with Crippen molar-refractivity contribution in [1.29, 1.82) is 0 Å². The number of carbonyl (C=O) groups excluding carboxylic acids is 1. The van der Waals surface area contributed by atoms with Gasteiger partial charge in [0.05, 0.1) is 0 Å². The van der Waals surface area contributed by atoms with E-state index in [0.717, 1.165) is 17.9 Å². The van der Waals surface area contributed by atoms with Crippen LogP contribution in [0.5, 0.6) is 0 Å². The number of rotatable bonds is 1. The molecule has 0 saturated heterocycles. The molecule has 72 valence electrons. The SMILES string of the molecule is O=C1CC2(c3ccccc3Cl)CC1C2. The molecule has 1 aromatic rings. The molecule has 3 aliphatic rings. The summed E-state index contributed by atoms with van der Waals surface area (Å²) in [5.74, 6) is 0.774. The van der Waals surface area contributed by atoms with E-state index in [1.54, 1.807) is 0 Å². The fourth-order valence-corrected chi connectivity index (χ4v) is 3.28. The molecule has 3 aliphatic carbocycles. The molecule has 1 aromatic carbocycles. The van der Waals surface area contributed by atoms with Crippen molar-refractivity contribution in [3.05, 3.63) is 34.9 Å². The van der Waals surface area contributed by atoms with Crippen molar-refractivity contribution >= 4 is 17.4 Å². The Morgan fingerprint density at radius 1 is 1.29 bits per heavy atom. The lowest BCUT2D eigenvalue weighted by atomic mass is 9.65. The Kier molecular flexibility index (Phi) is 1.58. The zero-order valence-electron chi connectivity index (χ0n) is 7.79. The van der Waals surface area contributed by atoms with Gasteiger partial charge in [-0.05, 0) is 24.5 Å². The van der Waals surface area contributed by atoms with E-state index in [4.69, 9.17) is 11.6 Å². The molecule has 0 heterocycles. The fraction of sp³-hybridized carbons (Fsp3) is 0.417. The first-order chi connectivity index (χ1) is 6.71. The molecule has 0 amide bonds. The van der Waals surface area contributed by atoms with Gasteiger partial charge in [-0.1, -0.05) is 29.8 Å². The third-order valence-electron chi connectivity index (χ3n) is 3.69. The van der Waals surface area contributed by atoms with E-state index in [1.807, 2.05) is 18.2 Å². The largest absolute Gasteiger partial charge is 0.299 e. The molecule has 0 aliphatic heterocycles. The van der Waals surface area contributed by atoms with Gasteiger partial charge >= 0.3 is 0 Å². The Balaban J connectivity index is 2.05. The highest BCUT2D eigenvalue weighted by molar-refractivity contribution is 6.31. The van der Waals surface area contributed by atoms with Crippen molar-refractivity contribution in [2.45, 2.75) is 24.7 Å². The molecule has 1 nitrogen and oxygen atoms in total. The Labute approximate surface area is 88.1 Å². The number of hydrogen-bond acceptors (Lipinski definition) is 1. The summed E-state index contributed by atoms with van der Waals surface area (Å²) in [5, 5.41) is 0.820. The third kappa shape index (κ3) is 0.936. The molecule has 3 saturated carbocycles. The molecule has 0 aromatic heterocycles. The maximum Gasteiger partial charge on any atom is 0.136 e. The number of fused-ring (bicyclic) bond motifs is 1. The van der Waals surface area contributed by atoms with E-state index in [2.05, 4.69) is 6.07 Å². The van der Waals surface area contributed by atoms with Crippen LogP contribution in [0.1, 0.15) is 24.8 Å². The number of Topliss-reactive ketones (excluding diaryl/α,β-unsaturated/α-hetero) is 1. The molecule has 14 heavy (non-hydrogen) atoms. The predicted molar refractivity (Wildman–Crippen MR) is 55.5 cm³/mol. The summed E-state index contributed by atoms with van der Waals surface area (Å²) < 4.78 is 0. The van der Waals surface area contributed by atoms with Gasteiger partial charge in [-0.25, -0.2) is 0 Å². The smallest absolute Gasteiger partial charge is 0.136 e. The standard InChI is InChI=1S/C12H11ClO/c13-10-4-2-1-3-9(10)12-5-8(6-12)11(14)7-12/h1-4,8H,5-7H2. The van der Waals surface area contributed by atoms with Crippen LogP contribution in [0.3, 0.4) is 0 Å². The second-order valence-corrected chi connectivity index (χ2v) is 4.92. The first-order valence-corrected chi connectivity index (χ1v) is 5.37. The molecular formula is C12H11ClO. The molecule has 0 radical (unpaired) electrons. The van der Waals surface area contributed by atoms with Crippen molar-refractivity contribution in [1.82, 2.24) is 0 Å². The second kappa shape index (κ2) is 2.60. The molecule has 0 atom stereocenters. The number of carbonyl (C=O) groups is 1. The van der Waals surface area contributed by atoms with Crippen LogP contribution in [-0.4, -0.2) is 5.78 Å². The summed E-state index contributed by atoms with van der Waals surface area (Å²) >= 11 is 6.15. The lowest BCUT2D eigenvalue weighted by Gasteiger charge is -2.38. The highest BCUT2D eigenvalue weighted by atomic mass is 35.5. The minimum atomic E-state index is 0.111. The summed E-state index contributed by atoms with van der Waals surface area (Å²) in [5.41, 5.74) is 1.30. The summed E-state index contributed by atoms with van der Waals surface area (Å²) in [7, 11) is 0. The average Bonchev–Trinajstić information content (AvgIpc) is 2.57. The van der Waals surface area contributed by atoms with Crippen LogP contribution in [-0.2, 0) is 10.2 Å². The summed E-state index contributed by atoms with van der Waals surface area (Å²) in [6, 6.07) is 7.93. The normalized spacial score (nSPS) is 34.4. The quantitative estimate of drug-likeness (QED) is 0.691. The van der Waals surface area contributed by atoms with Crippen LogP contribution in [0, 0.1) is 5.92 Å². The first-order valence-electron chi connectivity index (χ1n) is 4.99. The summed E-state index contributed by atoms with van der Waals surface area (Å²) in [6.07, 6.45) is 2.76. The van der Waals surface area contributed by atoms with E-state index in [9.17, 15) is 4.79 Å². The Hall–Kier alpha value is -0.820. The second-order valence-electron chi connectivity index (χ2n) is 4.51. The van der Waals surface area contributed by atoms with Crippen LogP contribution in [0.25, 0.3) is 0 Å². The lowest BCUT2D eigenvalue weighted by molar-refractivity contribution is -0.119. The van der Waals surface area contributed by atoms with Crippen LogP contribution >= 0.6 is 11.6 Å². The van der Waals surface area contributed by atoms with Gasteiger partial charge in [0.2, 0.25) is 0 Å². The Morgan fingerprint density at radius 3 is 2.57 bits per heavy atom. The van der Waals surface area contributed by atoms with Crippen molar-refractivity contribution in [2.24, 2.45) is 5.92 Å². The highest BCUT2D eigenvalue weighted by Crippen LogP contribution is 2.58. The van der Waals surface area contributed by atoms with Gasteiger partial charge < -0.3 is 0 Å². The highest BCUT2D eigenvalue weighted by Gasteiger charge is 2.56. The zero-order valence-corrected chi connectivity index (χ0v) is 8.55. The number of halogens is 1. The third-order valence-corrected chi connectivity index (χ3v) is 4.02. The zero-order chi connectivity index (χ0) is 9.76. The number of hydrogen-bond donors (Lipinski definition) is 0. The van der Waals surface area contributed by atoms with Crippen molar-refractivity contribution < 1.29 is 4.79 Å². The van der Waals surface area contributed by atoms with E-state index in [-0.39, 0.29) is 5.41 Å². The van der Waals surface area contributed by atoms with E-state index in [0.29, 0.717) is 18.1 Å². The van der Waals surface area contributed by atoms with Gasteiger partial charge in [-0.2, -0.15) is 0 Å². The van der Waals surface area contributed by atoms with Gasteiger partial charge in [0, 0.05) is 22.8 Å². The average molecular weight is 207 g/mol. The Morgan fingerprint density at radius 2 is 2.00 bits per heavy atom. The monoisotopic (exact) mass is 206 g/mol. The van der Waals surface area contributed by atoms with Crippen molar-refractivity contribution in [3.63, 3.8) is 0 Å². The molecule has 2 heteroatoms. The maximum atomic E-state index is 11.5. The molecular weight excluding hydrogens is 196 g/mol. The molecule has 3 fully saturated rings. The van der Waals surface area contributed by atoms with Crippen LogP contribution < -0.4 is 0 Å². The topological polar surface area (TPSA) is 17.1 Å². The molecule has 0 spiro atoms. The van der Waals surface area contributed by atoms with Crippen LogP contribution in [0.15, 0.2) is 24.3 Å². The van der Waals surface area contributed by atoms with E-state index in [1.165, 1.54) is 5.56 Å². The van der Waals surface area contributed by atoms with Crippen molar-refractivity contribution in [2.75, 3.05) is 0 Å². The van der Waals surface area contributed by atoms with E-state index < -0.39 is 0 Å². The summed E-state index contributed by atoms with van der Waals surface area (Å²) in [6.45, 7) is 0. The molecule has 4 rings (SSSR count). The maximum absolute atomic E-state index is 11.5. The summed E-state index contributed by atoms with van der Waals surface area (Å²) in [4.78, 5) is 11.5. The van der Waals surface area contributed by atoms with Gasteiger partial charge in [0.15, 0.2) is 0 Å². The molecule has 0 unspecified atom stereocenters. The van der Waals surface area contributed by atoms with Gasteiger partial charge in [-0.3, -0.25) is 4.79 Å². The van der Waals surface area contributed by atoms with Crippen molar-refractivity contribution in [3.8, 4) is 0 Å². The Bertz CT molecular complexity index is 405. The van der Waals surface area contributed by atoms with Gasteiger partial charge in [0.1, 0.15) is 5.78 Å². The minimum Gasteiger partial charge on any atom is -0.299 e. The predicted octanol–water partition coefficient (Wildman–Crippen LogP) is 2.96. The first kappa shape index (κ1) is 8.49. The van der Waals surface area contributed by atoms with Gasteiger partial charge in [-0.15, -0.1) is 0 Å². The van der Waals surface area contributed by atoms with E-state index >= 15 is 0 Å². The molecule has 2 bridgehead atoms.